The molecule has 1 aromatic rings. The van der Waals surface area contributed by atoms with Crippen LogP contribution in [0.5, 0.6) is 0 Å². The van der Waals surface area contributed by atoms with E-state index in [0.717, 1.165) is 5.56 Å². The first-order valence-electron chi connectivity index (χ1n) is 6.86. The number of ether oxygens (including phenoxy) is 1. The molecular formula is C15H18ClNO2. The van der Waals surface area contributed by atoms with Gasteiger partial charge in [-0.2, -0.15) is 0 Å². The molecule has 1 aliphatic carbocycles. The van der Waals surface area contributed by atoms with E-state index in [1.807, 2.05) is 12.1 Å². The maximum atomic E-state index is 12.3. The standard InChI is InChI=1S/C15H18ClNO2/c16-14(15(18)17-6-8-19-9-7-17)13-3-1-2-12(10-13)11-4-5-11/h1-3,10-11,14H,4-9H2. The summed E-state index contributed by atoms with van der Waals surface area (Å²) in [6, 6.07) is 8.17. The Kier molecular flexibility index (Phi) is 3.76. The zero-order valence-corrected chi connectivity index (χ0v) is 11.6. The van der Waals surface area contributed by atoms with Crippen LogP contribution in [-0.2, 0) is 9.53 Å². The van der Waals surface area contributed by atoms with Crippen molar-refractivity contribution in [1.29, 1.82) is 0 Å². The van der Waals surface area contributed by atoms with Crippen LogP contribution in [0.3, 0.4) is 0 Å². The number of nitrogens with zero attached hydrogens (tertiary/aromatic N) is 1. The smallest absolute Gasteiger partial charge is 0.245 e. The van der Waals surface area contributed by atoms with Crippen molar-refractivity contribution in [2.24, 2.45) is 0 Å². The minimum Gasteiger partial charge on any atom is -0.378 e. The third-order valence-corrected chi connectivity index (χ3v) is 4.23. The number of amides is 1. The summed E-state index contributed by atoms with van der Waals surface area (Å²) in [5, 5.41) is -0.572. The van der Waals surface area contributed by atoms with E-state index in [2.05, 4.69) is 12.1 Å². The van der Waals surface area contributed by atoms with E-state index in [-0.39, 0.29) is 5.91 Å². The first-order chi connectivity index (χ1) is 9.25. The second-order valence-corrected chi connectivity index (χ2v) is 5.68. The summed E-state index contributed by atoms with van der Waals surface area (Å²) in [7, 11) is 0. The minimum absolute atomic E-state index is 0.00193. The van der Waals surface area contributed by atoms with Crippen molar-refractivity contribution in [1.82, 2.24) is 4.90 Å². The van der Waals surface area contributed by atoms with Gasteiger partial charge in [0, 0.05) is 13.1 Å². The van der Waals surface area contributed by atoms with Gasteiger partial charge in [-0.3, -0.25) is 4.79 Å². The number of carbonyl (C=O) groups is 1. The maximum Gasteiger partial charge on any atom is 0.245 e. The number of hydrogen-bond donors (Lipinski definition) is 0. The normalized spacial score (nSPS) is 21.2. The molecule has 1 atom stereocenters. The van der Waals surface area contributed by atoms with Crippen LogP contribution < -0.4 is 0 Å². The van der Waals surface area contributed by atoms with Gasteiger partial charge in [-0.15, -0.1) is 11.6 Å². The second-order valence-electron chi connectivity index (χ2n) is 5.24. The second kappa shape index (κ2) is 5.51. The quantitative estimate of drug-likeness (QED) is 0.796. The SMILES string of the molecule is O=C(C(Cl)c1cccc(C2CC2)c1)N1CCOCC1. The first kappa shape index (κ1) is 12.9. The van der Waals surface area contributed by atoms with Crippen LogP contribution >= 0.6 is 11.6 Å². The van der Waals surface area contributed by atoms with E-state index in [4.69, 9.17) is 16.3 Å². The van der Waals surface area contributed by atoms with Gasteiger partial charge in [-0.05, 0) is 29.9 Å². The molecule has 2 aliphatic rings. The summed E-state index contributed by atoms with van der Waals surface area (Å²) < 4.78 is 5.26. The molecule has 19 heavy (non-hydrogen) atoms. The van der Waals surface area contributed by atoms with E-state index in [0.29, 0.717) is 32.2 Å². The highest BCUT2D eigenvalue weighted by Gasteiger charge is 2.28. The summed E-state index contributed by atoms with van der Waals surface area (Å²) >= 11 is 6.36. The third-order valence-electron chi connectivity index (χ3n) is 3.79. The summed E-state index contributed by atoms with van der Waals surface area (Å²) in [4.78, 5) is 14.1. The lowest BCUT2D eigenvalue weighted by atomic mass is 10.0. The van der Waals surface area contributed by atoms with Gasteiger partial charge < -0.3 is 9.64 Å². The Bertz CT molecular complexity index is 467. The number of hydrogen-bond acceptors (Lipinski definition) is 2. The van der Waals surface area contributed by atoms with Gasteiger partial charge in [0.15, 0.2) is 0 Å². The van der Waals surface area contributed by atoms with E-state index < -0.39 is 5.38 Å². The summed E-state index contributed by atoms with van der Waals surface area (Å²) in [6.07, 6.45) is 2.52. The van der Waals surface area contributed by atoms with Crippen molar-refractivity contribution >= 4 is 17.5 Å². The summed E-state index contributed by atoms with van der Waals surface area (Å²) in [5.41, 5.74) is 2.24. The molecule has 1 heterocycles. The molecule has 0 radical (unpaired) electrons. The Morgan fingerprint density at radius 3 is 2.74 bits per heavy atom. The molecule has 0 aromatic heterocycles. The van der Waals surface area contributed by atoms with Gasteiger partial charge >= 0.3 is 0 Å². The average Bonchev–Trinajstić information content (AvgIpc) is 3.31. The number of halogens is 1. The molecular weight excluding hydrogens is 262 g/mol. The molecule has 3 rings (SSSR count). The van der Waals surface area contributed by atoms with Gasteiger partial charge in [0.1, 0.15) is 5.38 Å². The summed E-state index contributed by atoms with van der Waals surface area (Å²) in [5.74, 6) is 0.681. The Labute approximate surface area is 118 Å². The fourth-order valence-corrected chi connectivity index (χ4v) is 2.75. The molecule has 1 saturated carbocycles. The number of alkyl halides is 1. The maximum absolute atomic E-state index is 12.3. The van der Waals surface area contributed by atoms with Crippen molar-refractivity contribution in [2.75, 3.05) is 26.3 Å². The van der Waals surface area contributed by atoms with Crippen molar-refractivity contribution in [2.45, 2.75) is 24.1 Å². The van der Waals surface area contributed by atoms with E-state index in [1.165, 1.54) is 18.4 Å². The highest BCUT2D eigenvalue weighted by molar-refractivity contribution is 6.30. The number of morpholine rings is 1. The molecule has 1 aliphatic heterocycles. The monoisotopic (exact) mass is 279 g/mol. The van der Waals surface area contributed by atoms with Crippen molar-refractivity contribution < 1.29 is 9.53 Å². The first-order valence-corrected chi connectivity index (χ1v) is 7.30. The van der Waals surface area contributed by atoms with Crippen LogP contribution in [0.1, 0.15) is 35.3 Å². The fourth-order valence-electron chi connectivity index (χ4n) is 2.47. The van der Waals surface area contributed by atoms with Crippen molar-refractivity contribution in [3.8, 4) is 0 Å². The van der Waals surface area contributed by atoms with Gasteiger partial charge in [0.25, 0.3) is 0 Å². The van der Waals surface area contributed by atoms with Crippen LogP contribution in [0.15, 0.2) is 24.3 Å². The van der Waals surface area contributed by atoms with Crippen molar-refractivity contribution in [3.63, 3.8) is 0 Å². The molecule has 1 saturated heterocycles. The van der Waals surface area contributed by atoms with Crippen LogP contribution in [0.25, 0.3) is 0 Å². The zero-order chi connectivity index (χ0) is 13.2. The minimum atomic E-state index is -0.572. The van der Waals surface area contributed by atoms with Gasteiger partial charge in [0.2, 0.25) is 5.91 Å². The molecule has 1 unspecified atom stereocenters. The van der Waals surface area contributed by atoms with E-state index >= 15 is 0 Å². The van der Waals surface area contributed by atoms with Gasteiger partial charge in [-0.1, -0.05) is 24.3 Å². The molecule has 1 amide bonds. The lowest BCUT2D eigenvalue weighted by molar-refractivity contribution is -0.134. The predicted molar refractivity (Wildman–Crippen MR) is 74.4 cm³/mol. The van der Waals surface area contributed by atoms with Gasteiger partial charge in [0.05, 0.1) is 13.2 Å². The van der Waals surface area contributed by atoms with Crippen molar-refractivity contribution in [3.05, 3.63) is 35.4 Å². The van der Waals surface area contributed by atoms with Crippen LogP contribution in [-0.4, -0.2) is 37.1 Å². The molecule has 2 fully saturated rings. The number of rotatable bonds is 3. The number of carbonyl (C=O) groups excluding carboxylic acids is 1. The fraction of sp³-hybridized carbons (Fsp3) is 0.533. The Morgan fingerprint density at radius 2 is 2.05 bits per heavy atom. The highest BCUT2D eigenvalue weighted by Crippen LogP contribution is 2.41. The number of benzene rings is 1. The van der Waals surface area contributed by atoms with Crippen LogP contribution in [0, 0.1) is 0 Å². The van der Waals surface area contributed by atoms with Gasteiger partial charge in [-0.25, -0.2) is 0 Å². The Morgan fingerprint density at radius 1 is 1.32 bits per heavy atom. The molecule has 0 bridgehead atoms. The molecule has 0 N–H and O–H groups in total. The zero-order valence-electron chi connectivity index (χ0n) is 10.8. The largest absolute Gasteiger partial charge is 0.378 e. The third kappa shape index (κ3) is 2.93. The van der Waals surface area contributed by atoms with Crippen LogP contribution in [0.4, 0.5) is 0 Å². The molecule has 3 nitrogen and oxygen atoms in total. The lowest BCUT2D eigenvalue weighted by Crippen LogP contribution is -2.42. The lowest BCUT2D eigenvalue weighted by Gasteiger charge is -2.28. The molecule has 4 heteroatoms. The Hall–Kier alpha value is -1.06. The highest BCUT2D eigenvalue weighted by atomic mass is 35.5. The molecule has 0 spiro atoms. The topological polar surface area (TPSA) is 29.5 Å². The summed E-state index contributed by atoms with van der Waals surface area (Å²) in [6.45, 7) is 2.50. The molecule has 102 valence electrons. The Balaban J connectivity index is 1.72. The van der Waals surface area contributed by atoms with E-state index in [9.17, 15) is 4.79 Å². The predicted octanol–water partition coefficient (Wildman–Crippen LogP) is 2.70. The molecule has 1 aromatic carbocycles. The van der Waals surface area contributed by atoms with Crippen LogP contribution in [0.2, 0.25) is 0 Å². The van der Waals surface area contributed by atoms with E-state index in [1.54, 1.807) is 4.90 Å². The average molecular weight is 280 g/mol.